The van der Waals surface area contributed by atoms with E-state index in [9.17, 15) is 5.11 Å². The average molecular weight is 221 g/mol. The Morgan fingerprint density at radius 3 is 2.94 bits per heavy atom. The molecule has 2 atom stereocenters. The number of hydrogen-bond donors (Lipinski definition) is 2. The van der Waals surface area contributed by atoms with Crippen molar-refractivity contribution in [3.05, 3.63) is 29.8 Å². The summed E-state index contributed by atoms with van der Waals surface area (Å²) < 4.78 is 5.63. The predicted molar refractivity (Wildman–Crippen MR) is 63.8 cm³/mol. The summed E-state index contributed by atoms with van der Waals surface area (Å²) in [5.41, 5.74) is 1.22. The molecule has 1 fully saturated rings. The van der Waals surface area contributed by atoms with Crippen molar-refractivity contribution in [2.45, 2.75) is 12.8 Å². The standard InChI is InChI=1S/C13H19NO2/c1-2-16-13-6-4-3-5-11(13)12-8-14-7-10(12)9-15/h3-6,10,12,14-15H,2,7-9H2,1H3/t10-,12+/m0/s1. The van der Waals surface area contributed by atoms with Gasteiger partial charge in [0, 0.05) is 31.5 Å². The fraction of sp³-hybridized carbons (Fsp3) is 0.538. The van der Waals surface area contributed by atoms with Crippen molar-refractivity contribution in [3.8, 4) is 5.75 Å². The first-order valence-corrected chi connectivity index (χ1v) is 5.90. The molecule has 16 heavy (non-hydrogen) atoms. The van der Waals surface area contributed by atoms with Crippen molar-refractivity contribution in [2.24, 2.45) is 5.92 Å². The minimum Gasteiger partial charge on any atom is -0.494 e. The molecule has 1 aromatic rings. The first-order valence-electron chi connectivity index (χ1n) is 5.90. The Morgan fingerprint density at radius 1 is 1.38 bits per heavy atom. The molecule has 1 aromatic carbocycles. The molecule has 2 N–H and O–H groups in total. The number of benzene rings is 1. The zero-order valence-corrected chi connectivity index (χ0v) is 9.65. The van der Waals surface area contributed by atoms with Gasteiger partial charge in [0.2, 0.25) is 0 Å². The monoisotopic (exact) mass is 221 g/mol. The second kappa shape index (κ2) is 5.32. The van der Waals surface area contributed by atoms with E-state index in [0.29, 0.717) is 18.4 Å². The lowest BCUT2D eigenvalue weighted by Crippen LogP contribution is -2.15. The van der Waals surface area contributed by atoms with Crippen LogP contribution >= 0.6 is 0 Å². The summed E-state index contributed by atoms with van der Waals surface area (Å²) in [6.45, 7) is 4.73. The van der Waals surface area contributed by atoms with Crippen LogP contribution < -0.4 is 10.1 Å². The first kappa shape index (κ1) is 11.4. The highest BCUT2D eigenvalue weighted by molar-refractivity contribution is 5.37. The molecule has 0 unspecified atom stereocenters. The van der Waals surface area contributed by atoms with E-state index in [1.807, 2.05) is 25.1 Å². The van der Waals surface area contributed by atoms with Gasteiger partial charge in [-0.05, 0) is 18.6 Å². The maximum Gasteiger partial charge on any atom is 0.122 e. The Morgan fingerprint density at radius 2 is 2.19 bits per heavy atom. The van der Waals surface area contributed by atoms with Crippen molar-refractivity contribution >= 4 is 0 Å². The molecule has 0 aliphatic carbocycles. The Balaban J connectivity index is 2.24. The van der Waals surface area contributed by atoms with Crippen LogP contribution in [0, 0.1) is 5.92 Å². The quantitative estimate of drug-likeness (QED) is 0.807. The summed E-state index contributed by atoms with van der Waals surface area (Å²) >= 11 is 0. The molecule has 2 rings (SSSR count). The minimum atomic E-state index is 0.234. The molecule has 1 aliphatic heterocycles. The number of ether oxygens (including phenoxy) is 1. The van der Waals surface area contributed by atoms with E-state index in [-0.39, 0.29) is 6.61 Å². The fourth-order valence-electron chi connectivity index (χ4n) is 2.36. The van der Waals surface area contributed by atoms with Gasteiger partial charge < -0.3 is 15.2 Å². The second-order valence-corrected chi connectivity index (χ2v) is 4.18. The molecule has 1 aliphatic rings. The molecule has 88 valence electrons. The summed E-state index contributed by atoms with van der Waals surface area (Å²) in [6.07, 6.45) is 0. The molecule has 0 bridgehead atoms. The third-order valence-electron chi connectivity index (χ3n) is 3.19. The second-order valence-electron chi connectivity index (χ2n) is 4.18. The van der Waals surface area contributed by atoms with Crippen LogP contribution in [0.1, 0.15) is 18.4 Å². The van der Waals surface area contributed by atoms with E-state index >= 15 is 0 Å². The van der Waals surface area contributed by atoms with Gasteiger partial charge in [-0.3, -0.25) is 0 Å². The van der Waals surface area contributed by atoms with Crippen LogP contribution in [-0.2, 0) is 0 Å². The number of rotatable bonds is 4. The van der Waals surface area contributed by atoms with E-state index in [2.05, 4.69) is 11.4 Å². The summed E-state index contributed by atoms with van der Waals surface area (Å²) in [5.74, 6) is 1.63. The predicted octanol–water partition coefficient (Wildman–Crippen LogP) is 1.38. The van der Waals surface area contributed by atoms with E-state index in [0.717, 1.165) is 18.8 Å². The molecule has 0 radical (unpaired) electrons. The minimum absolute atomic E-state index is 0.234. The Bertz CT molecular complexity index is 340. The summed E-state index contributed by atoms with van der Waals surface area (Å²) in [5, 5.41) is 12.7. The van der Waals surface area contributed by atoms with E-state index in [4.69, 9.17) is 4.74 Å². The third-order valence-corrected chi connectivity index (χ3v) is 3.19. The number of para-hydroxylation sites is 1. The lowest BCUT2D eigenvalue weighted by Gasteiger charge is -2.19. The molecule has 0 aromatic heterocycles. The van der Waals surface area contributed by atoms with Crippen LogP contribution in [0.25, 0.3) is 0 Å². The lowest BCUT2D eigenvalue weighted by molar-refractivity contribution is 0.224. The van der Waals surface area contributed by atoms with Crippen molar-refractivity contribution in [2.75, 3.05) is 26.3 Å². The van der Waals surface area contributed by atoms with Gasteiger partial charge in [0.1, 0.15) is 5.75 Å². The SMILES string of the molecule is CCOc1ccccc1[C@@H]1CNC[C@H]1CO. The number of nitrogens with one attached hydrogen (secondary N) is 1. The maximum atomic E-state index is 9.34. The summed E-state index contributed by atoms with van der Waals surface area (Å²) in [4.78, 5) is 0. The van der Waals surface area contributed by atoms with Gasteiger partial charge in [0.05, 0.1) is 6.61 Å². The van der Waals surface area contributed by atoms with Crippen LogP contribution in [0.4, 0.5) is 0 Å². The topological polar surface area (TPSA) is 41.5 Å². The Hall–Kier alpha value is -1.06. The molecule has 0 amide bonds. The highest BCUT2D eigenvalue weighted by Crippen LogP contribution is 2.33. The largest absolute Gasteiger partial charge is 0.494 e. The van der Waals surface area contributed by atoms with Gasteiger partial charge in [-0.15, -0.1) is 0 Å². The van der Waals surface area contributed by atoms with Gasteiger partial charge in [-0.25, -0.2) is 0 Å². The van der Waals surface area contributed by atoms with Crippen LogP contribution in [0.5, 0.6) is 5.75 Å². The van der Waals surface area contributed by atoms with E-state index in [1.165, 1.54) is 5.56 Å². The molecular weight excluding hydrogens is 202 g/mol. The molecule has 3 nitrogen and oxygen atoms in total. The molecule has 0 saturated carbocycles. The van der Waals surface area contributed by atoms with E-state index in [1.54, 1.807) is 0 Å². The molecule has 1 saturated heterocycles. The van der Waals surface area contributed by atoms with Crippen molar-refractivity contribution in [3.63, 3.8) is 0 Å². The van der Waals surface area contributed by atoms with Gasteiger partial charge in [0.15, 0.2) is 0 Å². The van der Waals surface area contributed by atoms with Gasteiger partial charge in [0.25, 0.3) is 0 Å². The molecule has 3 heteroatoms. The molecule has 1 heterocycles. The zero-order chi connectivity index (χ0) is 11.4. The van der Waals surface area contributed by atoms with Gasteiger partial charge >= 0.3 is 0 Å². The third kappa shape index (κ3) is 2.20. The summed E-state index contributed by atoms with van der Waals surface area (Å²) in [7, 11) is 0. The number of aliphatic hydroxyl groups excluding tert-OH is 1. The fourth-order valence-corrected chi connectivity index (χ4v) is 2.36. The molecule has 0 spiro atoms. The first-order chi connectivity index (χ1) is 7.86. The smallest absolute Gasteiger partial charge is 0.122 e. The molecular formula is C13H19NO2. The van der Waals surface area contributed by atoms with Crippen molar-refractivity contribution < 1.29 is 9.84 Å². The normalized spacial score (nSPS) is 24.6. The van der Waals surface area contributed by atoms with Gasteiger partial charge in [-0.2, -0.15) is 0 Å². The Labute approximate surface area is 96.4 Å². The zero-order valence-electron chi connectivity index (χ0n) is 9.65. The van der Waals surface area contributed by atoms with Crippen LogP contribution in [0.2, 0.25) is 0 Å². The van der Waals surface area contributed by atoms with Crippen LogP contribution in [-0.4, -0.2) is 31.4 Å². The average Bonchev–Trinajstić information content (AvgIpc) is 2.78. The number of hydrogen-bond acceptors (Lipinski definition) is 3. The van der Waals surface area contributed by atoms with E-state index < -0.39 is 0 Å². The highest BCUT2D eigenvalue weighted by Gasteiger charge is 2.29. The number of aliphatic hydroxyl groups is 1. The lowest BCUT2D eigenvalue weighted by atomic mass is 9.89. The van der Waals surface area contributed by atoms with Crippen molar-refractivity contribution in [1.29, 1.82) is 0 Å². The van der Waals surface area contributed by atoms with Crippen LogP contribution in [0.15, 0.2) is 24.3 Å². The van der Waals surface area contributed by atoms with Gasteiger partial charge in [-0.1, -0.05) is 18.2 Å². The van der Waals surface area contributed by atoms with Crippen molar-refractivity contribution in [1.82, 2.24) is 5.32 Å². The summed E-state index contributed by atoms with van der Waals surface area (Å²) in [6, 6.07) is 8.13. The Kier molecular flexibility index (Phi) is 3.80. The highest BCUT2D eigenvalue weighted by atomic mass is 16.5. The van der Waals surface area contributed by atoms with Crippen LogP contribution in [0.3, 0.4) is 0 Å². The maximum absolute atomic E-state index is 9.34.